The number of allylic oxidation sites excluding steroid dienone is 3. The molecule has 2 rings (SSSR count). The van der Waals surface area contributed by atoms with Crippen LogP contribution in [0.25, 0.3) is 11.0 Å². The Bertz CT molecular complexity index is 1060. The number of rotatable bonds is 18. The number of unbranched alkanes of at least 4 members (excludes halogenated alkanes) is 7. The van der Waals surface area contributed by atoms with Gasteiger partial charge in [-0.15, -0.1) is 0 Å². The Kier molecular flexibility index (Phi) is 14.0. The quantitative estimate of drug-likeness (QED) is 0.113. The van der Waals surface area contributed by atoms with Crippen LogP contribution in [0.3, 0.4) is 0 Å². The Hall–Kier alpha value is -2.69. The molecule has 1 aromatic heterocycles. The average molecular weight is 513 g/mol. The molecule has 0 aliphatic carbocycles. The Morgan fingerprint density at radius 1 is 0.919 bits per heavy atom. The normalized spacial score (nSPS) is 11.7. The molecule has 0 saturated heterocycles. The van der Waals surface area contributed by atoms with Crippen molar-refractivity contribution in [2.45, 2.75) is 112 Å². The van der Waals surface area contributed by atoms with Crippen molar-refractivity contribution in [3.63, 3.8) is 0 Å². The molecule has 0 aliphatic heterocycles. The highest BCUT2D eigenvalue weighted by molar-refractivity contribution is 5.91. The maximum atomic E-state index is 12.8. The van der Waals surface area contributed by atoms with Crippen molar-refractivity contribution in [3.8, 4) is 17.2 Å². The lowest BCUT2D eigenvalue weighted by atomic mass is 10.1. The van der Waals surface area contributed by atoms with Gasteiger partial charge in [-0.25, -0.2) is 4.79 Å². The fraction of sp³-hybridized carbons (Fsp3) is 0.594. The second-order valence-electron chi connectivity index (χ2n) is 10.3. The van der Waals surface area contributed by atoms with Crippen LogP contribution in [0, 0.1) is 0 Å². The lowest BCUT2D eigenvalue weighted by Gasteiger charge is -2.17. The standard InChI is InChI=1S/C32H48O5/c1-7-8-9-10-11-12-13-14-22-35-30-29-27(34-23-21-26(6)18-15-17-24(2)3)19-16-20-28(29)37-32(33)31(30)36-25(4)5/h16-17,19-21,25H,7-15,18,22-23H2,1-6H3/b26-21+. The van der Waals surface area contributed by atoms with Crippen molar-refractivity contribution in [1.29, 1.82) is 0 Å². The molecule has 0 radical (unpaired) electrons. The highest BCUT2D eigenvalue weighted by Gasteiger charge is 2.22. The Labute approximate surface area is 223 Å². The van der Waals surface area contributed by atoms with Gasteiger partial charge in [-0.2, -0.15) is 0 Å². The fourth-order valence-corrected chi connectivity index (χ4v) is 4.14. The van der Waals surface area contributed by atoms with E-state index in [4.69, 9.17) is 18.6 Å². The van der Waals surface area contributed by atoms with E-state index in [1.807, 2.05) is 26.0 Å². The van der Waals surface area contributed by atoms with E-state index >= 15 is 0 Å². The first kappa shape index (κ1) is 30.5. The van der Waals surface area contributed by atoms with E-state index in [2.05, 4.69) is 39.8 Å². The van der Waals surface area contributed by atoms with Gasteiger partial charge in [0, 0.05) is 0 Å². The largest absolute Gasteiger partial charge is 0.489 e. The molecule has 0 bridgehead atoms. The van der Waals surface area contributed by atoms with E-state index in [1.165, 1.54) is 49.7 Å². The molecule has 0 N–H and O–H groups in total. The monoisotopic (exact) mass is 512 g/mol. The lowest BCUT2D eigenvalue weighted by molar-refractivity contribution is 0.210. The molecule has 206 valence electrons. The molecule has 0 saturated carbocycles. The van der Waals surface area contributed by atoms with Gasteiger partial charge in [-0.1, -0.05) is 75.2 Å². The third kappa shape index (κ3) is 11.1. The summed E-state index contributed by atoms with van der Waals surface area (Å²) in [5.41, 5.74) is 2.52. The van der Waals surface area contributed by atoms with Crippen molar-refractivity contribution in [1.82, 2.24) is 0 Å². The van der Waals surface area contributed by atoms with Crippen LogP contribution in [-0.4, -0.2) is 19.3 Å². The number of benzene rings is 1. The number of fused-ring (bicyclic) bond motifs is 1. The van der Waals surface area contributed by atoms with Gasteiger partial charge in [0.05, 0.1) is 12.7 Å². The summed E-state index contributed by atoms with van der Waals surface area (Å²) in [6, 6.07) is 5.49. The van der Waals surface area contributed by atoms with Gasteiger partial charge >= 0.3 is 5.63 Å². The molecule has 1 heterocycles. The van der Waals surface area contributed by atoms with Crippen molar-refractivity contribution >= 4 is 11.0 Å². The Morgan fingerprint density at radius 3 is 2.30 bits per heavy atom. The number of ether oxygens (including phenoxy) is 3. The molecular formula is C32H48O5. The van der Waals surface area contributed by atoms with Crippen LogP contribution < -0.4 is 19.8 Å². The molecular weight excluding hydrogens is 464 g/mol. The molecule has 0 unspecified atom stereocenters. The second kappa shape index (κ2) is 16.9. The van der Waals surface area contributed by atoms with Gasteiger partial charge in [0.1, 0.15) is 23.3 Å². The predicted molar refractivity (Wildman–Crippen MR) is 154 cm³/mol. The summed E-state index contributed by atoms with van der Waals surface area (Å²) in [6.45, 7) is 13.3. The minimum Gasteiger partial charge on any atom is -0.489 e. The smallest absolute Gasteiger partial charge is 0.383 e. The molecule has 0 atom stereocenters. The summed E-state index contributed by atoms with van der Waals surface area (Å²) in [6.07, 6.45) is 15.9. The first-order valence-corrected chi connectivity index (χ1v) is 14.1. The molecule has 5 heteroatoms. The van der Waals surface area contributed by atoms with Gasteiger partial charge in [0.25, 0.3) is 0 Å². The minimum absolute atomic E-state index is 0.117. The van der Waals surface area contributed by atoms with Gasteiger partial charge in [-0.05, 0) is 72.1 Å². The van der Waals surface area contributed by atoms with Crippen molar-refractivity contribution in [3.05, 3.63) is 51.9 Å². The van der Waals surface area contributed by atoms with Gasteiger partial charge in [0.15, 0.2) is 5.75 Å². The van der Waals surface area contributed by atoms with Crippen LogP contribution in [0.5, 0.6) is 17.2 Å². The summed E-state index contributed by atoms with van der Waals surface area (Å²) < 4.78 is 23.9. The molecule has 37 heavy (non-hydrogen) atoms. The first-order chi connectivity index (χ1) is 17.8. The zero-order chi connectivity index (χ0) is 27.0. The maximum absolute atomic E-state index is 12.8. The van der Waals surface area contributed by atoms with Crippen molar-refractivity contribution in [2.75, 3.05) is 13.2 Å². The zero-order valence-electron chi connectivity index (χ0n) is 24.0. The van der Waals surface area contributed by atoms with Gasteiger partial charge in [0.2, 0.25) is 5.75 Å². The fourth-order valence-electron chi connectivity index (χ4n) is 4.14. The average Bonchev–Trinajstić information content (AvgIpc) is 2.84. The molecule has 2 aromatic rings. The molecule has 0 spiro atoms. The van der Waals surface area contributed by atoms with Gasteiger partial charge in [-0.3, -0.25) is 0 Å². The van der Waals surface area contributed by atoms with Crippen LogP contribution >= 0.6 is 0 Å². The summed E-state index contributed by atoms with van der Waals surface area (Å²) in [7, 11) is 0. The summed E-state index contributed by atoms with van der Waals surface area (Å²) in [4.78, 5) is 12.8. The topological polar surface area (TPSA) is 57.9 Å². The van der Waals surface area contributed by atoms with E-state index in [0.717, 1.165) is 25.7 Å². The maximum Gasteiger partial charge on any atom is 0.383 e. The highest BCUT2D eigenvalue weighted by Crippen LogP contribution is 2.39. The summed E-state index contributed by atoms with van der Waals surface area (Å²) in [5, 5.41) is 0.646. The van der Waals surface area contributed by atoms with Crippen LogP contribution in [-0.2, 0) is 0 Å². The zero-order valence-corrected chi connectivity index (χ0v) is 24.0. The summed E-state index contributed by atoms with van der Waals surface area (Å²) in [5.74, 6) is 1.16. The lowest BCUT2D eigenvalue weighted by Crippen LogP contribution is -2.16. The number of hydrogen-bond acceptors (Lipinski definition) is 5. The molecule has 0 fully saturated rings. The van der Waals surface area contributed by atoms with Crippen LogP contribution in [0.4, 0.5) is 0 Å². The summed E-state index contributed by atoms with van der Waals surface area (Å²) >= 11 is 0. The molecule has 0 aliphatic rings. The second-order valence-corrected chi connectivity index (χ2v) is 10.3. The van der Waals surface area contributed by atoms with Crippen LogP contribution in [0.1, 0.15) is 106 Å². The van der Waals surface area contributed by atoms with E-state index < -0.39 is 5.63 Å². The van der Waals surface area contributed by atoms with E-state index in [0.29, 0.717) is 35.7 Å². The van der Waals surface area contributed by atoms with Crippen LogP contribution in [0.2, 0.25) is 0 Å². The van der Waals surface area contributed by atoms with Crippen molar-refractivity contribution in [2.24, 2.45) is 0 Å². The third-order valence-corrected chi connectivity index (χ3v) is 6.17. The third-order valence-electron chi connectivity index (χ3n) is 6.17. The Morgan fingerprint density at radius 2 is 1.62 bits per heavy atom. The van der Waals surface area contributed by atoms with Gasteiger partial charge < -0.3 is 18.6 Å². The minimum atomic E-state index is -0.528. The SMILES string of the molecule is CCCCCCCCCCOc1c(OC(C)C)c(=O)oc2cccc(OC/C=C(\C)CCC=C(C)C)c12. The van der Waals surface area contributed by atoms with Crippen LogP contribution in [0.15, 0.2) is 50.7 Å². The van der Waals surface area contributed by atoms with E-state index in [9.17, 15) is 4.79 Å². The van der Waals surface area contributed by atoms with E-state index in [-0.39, 0.29) is 11.9 Å². The predicted octanol–water partition coefficient (Wildman–Crippen LogP) is 9.17. The molecule has 1 aromatic carbocycles. The molecule has 0 amide bonds. The highest BCUT2D eigenvalue weighted by atomic mass is 16.5. The number of hydrogen-bond donors (Lipinski definition) is 0. The van der Waals surface area contributed by atoms with E-state index in [1.54, 1.807) is 6.07 Å². The molecule has 5 nitrogen and oxygen atoms in total. The first-order valence-electron chi connectivity index (χ1n) is 14.1. The van der Waals surface area contributed by atoms with Crippen molar-refractivity contribution < 1.29 is 18.6 Å². The Balaban J connectivity index is 2.16.